The molecule has 0 aliphatic rings. The van der Waals surface area contributed by atoms with Gasteiger partial charge in [-0.25, -0.2) is 0 Å². The molecule has 22 heavy (non-hydrogen) atoms. The number of aryl methyl sites for hydroxylation is 2. The lowest BCUT2D eigenvalue weighted by atomic mass is 10.2. The monoisotopic (exact) mass is 335 g/mol. The van der Waals surface area contributed by atoms with E-state index >= 15 is 0 Å². The number of carbonyl (C=O) groups excluding carboxylic acids is 1. The van der Waals surface area contributed by atoms with Crippen molar-refractivity contribution in [1.29, 1.82) is 0 Å². The van der Waals surface area contributed by atoms with E-state index in [2.05, 4.69) is 10.4 Å². The molecule has 114 valence electrons. The van der Waals surface area contributed by atoms with Crippen LogP contribution in [0.4, 0.5) is 5.69 Å². The molecule has 0 spiro atoms. The molecule has 3 aromatic rings. The van der Waals surface area contributed by atoms with Gasteiger partial charge in [-0.3, -0.25) is 9.48 Å². The zero-order chi connectivity index (χ0) is 15.9. The number of fused-ring (bicyclic) bond motifs is 1. The van der Waals surface area contributed by atoms with E-state index in [1.165, 1.54) is 18.4 Å². The first-order valence-corrected chi connectivity index (χ1v) is 7.77. The summed E-state index contributed by atoms with van der Waals surface area (Å²) in [6.07, 6.45) is 0. The largest absolute Gasteiger partial charge is 0.493 e. The highest BCUT2D eigenvalue weighted by molar-refractivity contribution is 7.20. The smallest absolute Gasteiger partial charge is 0.265 e. The lowest BCUT2D eigenvalue weighted by Gasteiger charge is -2.10. The predicted octanol–water partition coefficient (Wildman–Crippen LogP) is 3.86. The van der Waals surface area contributed by atoms with Crippen LogP contribution in [0.3, 0.4) is 0 Å². The molecule has 0 radical (unpaired) electrons. The molecule has 2 aromatic heterocycles. The number of anilines is 1. The third kappa shape index (κ3) is 2.44. The van der Waals surface area contributed by atoms with E-state index in [9.17, 15) is 4.79 Å². The van der Waals surface area contributed by atoms with Gasteiger partial charge in [0, 0.05) is 12.4 Å². The summed E-state index contributed by atoms with van der Waals surface area (Å²) in [6, 6.07) is 7.08. The van der Waals surface area contributed by atoms with Gasteiger partial charge in [0.2, 0.25) is 0 Å². The number of ether oxygens (including phenoxy) is 1. The van der Waals surface area contributed by atoms with E-state index in [1.807, 2.05) is 20.0 Å². The molecule has 1 amide bonds. The number of halogens is 1. The Bertz CT molecular complexity index is 835. The number of benzene rings is 1. The summed E-state index contributed by atoms with van der Waals surface area (Å²) in [7, 11) is 3.39. The van der Waals surface area contributed by atoms with E-state index in [0.29, 0.717) is 21.3 Å². The van der Waals surface area contributed by atoms with Crippen LogP contribution in [0.1, 0.15) is 15.4 Å². The first kappa shape index (κ1) is 14.9. The first-order chi connectivity index (χ1) is 10.5. The third-order valence-corrected chi connectivity index (χ3v) is 4.84. The summed E-state index contributed by atoms with van der Waals surface area (Å²) in [5.41, 5.74) is 1.46. The van der Waals surface area contributed by atoms with Crippen LogP contribution in [-0.4, -0.2) is 22.8 Å². The maximum atomic E-state index is 12.5. The van der Waals surface area contributed by atoms with E-state index in [4.69, 9.17) is 16.3 Å². The number of nitrogens with zero attached hydrogens (tertiary/aromatic N) is 2. The molecule has 0 atom stereocenters. The van der Waals surface area contributed by atoms with Gasteiger partial charge in [0.1, 0.15) is 4.83 Å². The van der Waals surface area contributed by atoms with Gasteiger partial charge >= 0.3 is 0 Å². The van der Waals surface area contributed by atoms with E-state index in [1.54, 1.807) is 22.9 Å². The van der Waals surface area contributed by atoms with Crippen LogP contribution in [0, 0.1) is 6.92 Å². The number of para-hydroxylation sites is 1. The van der Waals surface area contributed by atoms with Crippen molar-refractivity contribution in [1.82, 2.24) is 9.78 Å². The van der Waals surface area contributed by atoms with Gasteiger partial charge in [-0.15, -0.1) is 11.3 Å². The Hall–Kier alpha value is -2.05. The number of rotatable bonds is 3. The number of hydrogen-bond donors (Lipinski definition) is 1. The average Bonchev–Trinajstić information content (AvgIpc) is 3.02. The second-order valence-corrected chi connectivity index (χ2v) is 6.25. The molecule has 5 nitrogen and oxygen atoms in total. The summed E-state index contributed by atoms with van der Waals surface area (Å²) < 4.78 is 7.02. The normalized spacial score (nSPS) is 10.9. The van der Waals surface area contributed by atoms with Crippen LogP contribution in [0.2, 0.25) is 5.02 Å². The third-order valence-electron chi connectivity index (χ3n) is 3.34. The van der Waals surface area contributed by atoms with Crippen molar-refractivity contribution in [3.05, 3.63) is 39.9 Å². The number of aromatic nitrogens is 2. The van der Waals surface area contributed by atoms with Crippen molar-refractivity contribution in [2.45, 2.75) is 6.92 Å². The van der Waals surface area contributed by atoms with Crippen molar-refractivity contribution in [2.24, 2.45) is 7.05 Å². The van der Waals surface area contributed by atoms with Crippen molar-refractivity contribution >= 4 is 44.7 Å². The summed E-state index contributed by atoms with van der Waals surface area (Å²) in [5.74, 6) is 0.262. The minimum absolute atomic E-state index is 0.193. The van der Waals surface area contributed by atoms with Gasteiger partial charge in [-0.2, -0.15) is 5.10 Å². The highest BCUT2D eigenvalue weighted by atomic mass is 35.5. The molecular weight excluding hydrogens is 322 g/mol. The Labute approximate surface area is 136 Å². The fourth-order valence-corrected chi connectivity index (χ4v) is 3.59. The van der Waals surface area contributed by atoms with Gasteiger partial charge in [0.05, 0.1) is 28.4 Å². The van der Waals surface area contributed by atoms with Gasteiger partial charge < -0.3 is 10.1 Å². The number of thiophene rings is 1. The maximum Gasteiger partial charge on any atom is 0.265 e. The molecule has 0 bridgehead atoms. The molecule has 1 aromatic carbocycles. The Morgan fingerprint density at radius 3 is 2.91 bits per heavy atom. The molecule has 0 aliphatic carbocycles. The van der Waals surface area contributed by atoms with Crippen LogP contribution in [0.25, 0.3) is 10.2 Å². The van der Waals surface area contributed by atoms with Gasteiger partial charge in [0.25, 0.3) is 5.91 Å². The fourth-order valence-electron chi connectivity index (χ4n) is 2.32. The molecule has 0 unspecified atom stereocenters. The molecule has 3 rings (SSSR count). The van der Waals surface area contributed by atoms with Crippen molar-refractivity contribution in [3.8, 4) is 5.75 Å². The molecule has 2 heterocycles. The standard InChI is InChI=1S/C15H14ClN3O2S/c1-8-9-7-12(22-15(9)19(2)18-8)14(20)17-11-6-4-5-10(16)13(11)21-3/h4-7H,1-3H3,(H,17,20). The van der Waals surface area contributed by atoms with E-state index < -0.39 is 0 Å². The quantitative estimate of drug-likeness (QED) is 0.790. The maximum absolute atomic E-state index is 12.5. The van der Waals surface area contributed by atoms with Crippen molar-refractivity contribution < 1.29 is 9.53 Å². The Morgan fingerprint density at radius 2 is 2.23 bits per heavy atom. The number of hydrogen-bond acceptors (Lipinski definition) is 4. The zero-order valence-corrected chi connectivity index (χ0v) is 13.9. The molecule has 7 heteroatoms. The van der Waals surface area contributed by atoms with Crippen LogP contribution >= 0.6 is 22.9 Å². The van der Waals surface area contributed by atoms with Crippen molar-refractivity contribution in [2.75, 3.05) is 12.4 Å². The Balaban J connectivity index is 1.94. The summed E-state index contributed by atoms with van der Waals surface area (Å²) in [6.45, 7) is 1.93. The predicted molar refractivity (Wildman–Crippen MR) is 89.3 cm³/mol. The van der Waals surface area contributed by atoms with Crippen LogP contribution in [-0.2, 0) is 7.05 Å². The minimum atomic E-state index is -0.193. The second-order valence-electron chi connectivity index (χ2n) is 4.81. The van der Waals surface area contributed by atoms with Crippen molar-refractivity contribution in [3.63, 3.8) is 0 Å². The molecule has 1 N–H and O–H groups in total. The topological polar surface area (TPSA) is 56.1 Å². The number of nitrogens with one attached hydrogen (secondary N) is 1. The highest BCUT2D eigenvalue weighted by Gasteiger charge is 2.17. The molecule has 0 aliphatic heterocycles. The average molecular weight is 336 g/mol. The van der Waals surface area contributed by atoms with Gasteiger partial charge in [-0.1, -0.05) is 17.7 Å². The number of methoxy groups -OCH3 is 1. The van der Waals surface area contributed by atoms with Gasteiger partial charge in [0.15, 0.2) is 5.75 Å². The van der Waals surface area contributed by atoms with Gasteiger partial charge in [-0.05, 0) is 25.1 Å². The molecule has 0 fully saturated rings. The summed E-state index contributed by atoms with van der Waals surface area (Å²) >= 11 is 7.47. The Kier molecular flexibility index (Phi) is 3.80. The van der Waals surface area contributed by atoms with E-state index in [0.717, 1.165) is 15.9 Å². The minimum Gasteiger partial charge on any atom is -0.493 e. The highest BCUT2D eigenvalue weighted by Crippen LogP contribution is 2.34. The first-order valence-electron chi connectivity index (χ1n) is 6.58. The van der Waals surface area contributed by atoms with Crippen LogP contribution in [0.15, 0.2) is 24.3 Å². The van der Waals surface area contributed by atoms with E-state index in [-0.39, 0.29) is 5.91 Å². The SMILES string of the molecule is COc1c(Cl)cccc1NC(=O)c1cc2c(C)nn(C)c2s1. The second kappa shape index (κ2) is 5.62. The van der Waals surface area contributed by atoms with Crippen LogP contribution < -0.4 is 10.1 Å². The molecule has 0 saturated carbocycles. The molecule has 0 saturated heterocycles. The lowest BCUT2D eigenvalue weighted by molar-refractivity contribution is 0.103. The zero-order valence-electron chi connectivity index (χ0n) is 12.3. The number of amides is 1. The lowest BCUT2D eigenvalue weighted by Crippen LogP contribution is -2.11. The van der Waals surface area contributed by atoms with Crippen LogP contribution in [0.5, 0.6) is 5.75 Å². The molecular formula is C15H14ClN3O2S. The summed E-state index contributed by atoms with van der Waals surface area (Å²) in [5, 5.41) is 8.62. The Morgan fingerprint density at radius 1 is 1.45 bits per heavy atom. The summed E-state index contributed by atoms with van der Waals surface area (Å²) in [4.78, 5) is 14.0. The fraction of sp³-hybridized carbons (Fsp3) is 0.200. The number of carbonyl (C=O) groups is 1.